The number of aliphatic imine (C=N–C) groups is 1. The van der Waals surface area contributed by atoms with E-state index in [0.717, 1.165) is 46.5 Å². The summed E-state index contributed by atoms with van der Waals surface area (Å²) in [7, 11) is -4.23. The highest BCUT2D eigenvalue weighted by atomic mass is 35.5. The Morgan fingerprint density at radius 3 is 2.47 bits per heavy atom. The summed E-state index contributed by atoms with van der Waals surface area (Å²) >= 11 is 12.2. The third kappa shape index (κ3) is 6.54. The lowest BCUT2D eigenvalue weighted by Crippen LogP contribution is -2.41. The Kier molecular flexibility index (Phi) is 8.81. The van der Waals surface area contributed by atoms with Crippen molar-refractivity contribution in [3.63, 3.8) is 0 Å². The van der Waals surface area contributed by atoms with Crippen molar-refractivity contribution in [1.82, 2.24) is 10.6 Å². The zero-order valence-electron chi connectivity index (χ0n) is 23.9. The zero-order valence-corrected chi connectivity index (χ0v) is 26.2. The monoisotopic (exact) mass is 668 g/mol. The summed E-state index contributed by atoms with van der Waals surface area (Å²) in [5.41, 5.74) is 2.94. The van der Waals surface area contributed by atoms with E-state index in [4.69, 9.17) is 23.2 Å². The number of amides is 1. The van der Waals surface area contributed by atoms with Gasteiger partial charge in [0.05, 0.1) is 40.5 Å². The van der Waals surface area contributed by atoms with Gasteiger partial charge in [-0.2, -0.15) is 0 Å². The molecule has 12 heteroatoms. The standard InChI is InChI=1S/C33H28Cl2F2N4O3S/c34-26-10-7-21(15-27(26)35)19-45(43,44)41-29-4-2-1-3-24(29)32-25(16-23(36)17-28(32)37)30(41)18-31(42)38-12-11-20-5-8-22(9-6-20)33-39-13-14-40-33/h1-10,15-17,30H,11-14,18-19H2,(H,38,42)(H,39,40). The first-order valence-corrected chi connectivity index (χ1v) is 16.7. The molecule has 0 spiro atoms. The Morgan fingerprint density at radius 2 is 1.73 bits per heavy atom. The second-order valence-electron chi connectivity index (χ2n) is 10.8. The molecule has 0 bridgehead atoms. The Morgan fingerprint density at radius 1 is 0.978 bits per heavy atom. The fourth-order valence-corrected chi connectivity index (χ4v) is 7.87. The van der Waals surface area contributed by atoms with E-state index in [-0.39, 0.29) is 45.4 Å². The Hall–Kier alpha value is -3.99. The molecule has 4 aromatic rings. The lowest BCUT2D eigenvalue weighted by Gasteiger charge is -2.39. The lowest BCUT2D eigenvalue weighted by molar-refractivity contribution is -0.121. The number of hydrogen-bond donors (Lipinski definition) is 2. The van der Waals surface area contributed by atoms with Gasteiger partial charge >= 0.3 is 0 Å². The van der Waals surface area contributed by atoms with Crippen LogP contribution in [0.4, 0.5) is 14.5 Å². The number of rotatable bonds is 9. The molecule has 0 aliphatic carbocycles. The van der Waals surface area contributed by atoms with E-state index in [2.05, 4.69) is 15.6 Å². The van der Waals surface area contributed by atoms with Crippen molar-refractivity contribution >= 4 is 50.7 Å². The van der Waals surface area contributed by atoms with Crippen LogP contribution in [0.15, 0.2) is 83.9 Å². The number of fused-ring (bicyclic) bond motifs is 3. The Bertz CT molecular complexity index is 1920. The first-order valence-electron chi connectivity index (χ1n) is 14.3. The maximum Gasteiger partial charge on any atom is 0.239 e. The van der Waals surface area contributed by atoms with E-state index < -0.39 is 39.4 Å². The Labute approximate surface area is 269 Å². The summed E-state index contributed by atoms with van der Waals surface area (Å²) in [5.74, 6) is -1.81. The minimum Gasteiger partial charge on any atom is -0.368 e. The minimum absolute atomic E-state index is 0.0623. The van der Waals surface area contributed by atoms with Crippen LogP contribution < -0.4 is 14.9 Å². The lowest BCUT2D eigenvalue weighted by atomic mass is 9.87. The number of benzene rings is 4. The molecular weight excluding hydrogens is 641 g/mol. The molecule has 0 aromatic heterocycles. The highest BCUT2D eigenvalue weighted by molar-refractivity contribution is 7.92. The van der Waals surface area contributed by atoms with Gasteiger partial charge in [0.25, 0.3) is 0 Å². The van der Waals surface area contributed by atoms with E-state index in [0.29, 0.717) is 12.0 Å². The van der Waals surface area contributed by atoms with Gasteiger partial charge in [0, 0.05) is 35.8 Å². The molecule has 2 N–H and O–H groups in total. The molecule has 45 heavy (non-hydrogen) atoms. The zero-order chi connectivity index (χ0) is 31.7. The topological polar surface area (TPSA) is 90.9 Å². The van der Waals surface area contributed by atoms with E-state index in [1.54, 1.807) is 30.3 Å². The molecule has 232 valence electrons. The number of sulfonamides is 1. The van der Waals surface area contributed by atoms with E-state index >= 15 is 4.39 Å². The number of halogens is 4. The maximum atomic E-state index is 15.3. The first-order chi connectivity index (χ1) is 21.6. The van der Waals surface area contributed by atoms with Crippen molar-refractivity contribution in [2.45, 2.75) is 24.6 Å². The molecule has 1 atom stereocenters. The van der Waals surface area contributed by atoms with Crippen molar-refractivity contribution in [1.29, 1.82) is 0 Å². The van der Waals surface area contributed by atoms with Crippen LogP contribution >= 0.6 is 23.2 Å². The van der Waals surface area contributed by atoms with Crippen LogP contribution in [-0.2, 0) is 27.0 Å². The molecule has 1 unspecified atom stereocenters. The van der Waals surface area contributed by atoms with Crippen LogP contribution in [0.1, 0.15) is 34.7 Å². The van der Waals surface area contributed by atoms with Gasteiger partial charge in [-0.15, -0.1) is 0 Å². The predicted molar refractivity (Wildman–Crippen MR) is 173 cm³/mol. The van der Waals surface area contributed by atoms with Gasteiger partial charge in [-0.25, -0.2) is 17.2 Å². The van der Waals surface area contributed by atoms with Gasteiger partial charge in [0.1, 0.15) is 17.5 Å². The molecule has 0 radical (unpaired) electrons. The van der Waals surface area contributed by atoms with Crippen LogP contribution in [0, 0.1) is 11.6 Å². The summed E-state index contributed by atoms with van der Waals surface area (Å²) in [4.78, 5) is 17.8. The maximum absolute atomic E-state index is 15.3. The second kappa shape index (κ2) is 12.8. The third-order valence-corrected chi connectivity index (χ3v) is 10.3. The Balaban J connectivity index is 1.27. The molecule has 6 rings (SSSR count). The molecule has 2 aliphatic rings. The van der Waals surface area contributed by atoms with Gasteiger partial charge in [0.15, 0.2) is 0 Å². The number of amidine groups is 1. The van der Waals surface area contributed by atoms with E-state index in [1.165, 1.54) is 12.1 Å². The third-order valence-electron chi connectivity index (χ3n) is 7.79. The molecule has 0 fully saturated rings. The second-order valence-corrected chi connectivity index (χ2v) is 13.5. The predicted octanol–water partition coefficient (Wildman–Crippen LogP) is 6.43. The van der Waals surface area contributed by atoms with Gasteiger partial charge in [-0.1, -0.05) is 71.7 Å². The highest BCUT2D eigenvalue weighted by Crippen LogP contribution is 2.49. The summed E-state index contributed by atoms with van der Waals surface area (Å²) in [6.07, 6.45) is 0.161. The van der Waals surface area contributed by atoms with Crippen molar-refractivity contribution in [3.8, 4) is 11.1 Å². The molecule has 2 aliphatic heterocycles. The van der Waals surface area contributed by atoms with Gasteiger partial charge < -0.3 is 10.6 Å². The summed E-state index contributed by atoms with van der Waals surface area (Å²) in [6.45, 7) is 1.84. The van der Waals surface area contributed by atoms with E-state index in [9.17, 15) is 17.6 Å². The van der Waals surface area contributed by atoms with Crippen LogP contribution in [0.5, 0.6) is 0 Å². The fraction of sp³-hybridized carbons (Fsp3) is 0.212. The van der Waals surface area contributed by atoms with Gasteiger partial charge in [0.2, 0.25) is 15.9 Å². The van der Waals surface area contributed by atoms with Gasteiger partial charge in [-0.05, 0) is 47.4 Å². The average molecular weight is 670 g/mol. The van der Waals surface area contributed by atoms with Crippen LogP contribution in [-0.4, -0.2) is 39.8 Å². The van der Waals surface area contributed by atoms with Crippen molar-refractivity contribution in [2.24, 2.45) is 4.99 Å². The molecule has 1 amide bonds. The molecule has 4 aromatic carbocycles. The molecular formula is C33H28Cl2F2N4O3S. The smallest absolute Gasteiger partial charge is 0.239 e. The summed E-state index contributed by atoms with van der Waals surface area (Å²) in [6, 6.07) is 19.4. The number of nitrogens with one attached hydrogen (secondary N) is 2. The minimum atomic E-state index is -4.23. The number of para-hydroxylation sites is 1. The first kappa shape index (κ1) is 31.0. The van der Waals surface area contributed by atoms with Crippen molar-refractivity contribution < 1.29 is 22.0 Å². The largest absolute Gasteiger partial charge is 0.368 e. The van der Waals surface area contributed by atoms with Crippen LogP contribution in [0.25, 0.3) is 11.1 Å². The summed E-state index contributed by atoms with van der Waals surface area (Å²) < 4.78 is 59.4. The molecule has 0 saturated heterocycles. The molecule has 7 nitrogen and oxygen atoms in total. The normalized spacial score (nSPS) is 15.6. The number of anilines is 1. The number of carbonyl (C=O) groups is 1. The molecule has 0 saturated carbocycles. The fourth-order valence-electron chi connectivity index (χ4n) is 5.77. The van der Waals surface area contributed by atoms with Crippen LogP contribution in [0.3, 0.4) is 0 Å². The average Bonchev–Trinajstić information content (AvgIpc) is 3.54. The van der Waals surface area contributed by atoms with Crippen molar-refractivity contribution in [2.75, 3.05) is 23.9 Å². The van der Waals surface area contributed by atoms with E-state index in [1.807, 2.05) is 24.3 Å². The number of carbonyl (C=O) groups excluding carboxylic acids is 1. The quantitative estimate of drug-likeness (QED) is 0.215. The highest BCUT2D eigenvalue weighted by Gasteiger charge is 2.40. The molecule has 2 heterocycles. The van der Waals surface area contributed by atoms with Crippen molar-refractivity contribution in [3.05, 3.63) is 123 Å². The van der Waals surface area contributed by atoms with Crippen LogP contribution in [0.2, 0.25) is 10.0 Å². The number of hydrogen-bond acceptors (Lipinski definition) is 5. The summed E-state index contributed by atoms with van der Waals surface area (Å²) in [5, 5.41) is 6.54. The SMILES string of the molecule is O=C(CC1c2cc(F)cc(F)c2-c2ccccc2N1S(=O)(=O)Cc1ccc(Cl)c(Cl)c1)NCCc1ccc(C2=NCCN2)cc1. The van der Waals surface area contributed by atoms with Gasteiger partial charge in [-0.3, -0.25) is 14.1 Å². The number of nitrogens with zero attached hydrogens (tertiary/aromatic N) is 2.